The molecule has 0 atom stereocenters. The molecule has 0 bridgehead atoms. The molecule has 0 aliphatic carbocycles. The van der Waals surface area contributed by atoms with Crippen LogP contribution in [-0.2, 0) is 11.1 Å². The van der Waals surface area contributed by atoms with Gasteiger partial charge in [-0.2, -0.15) is 0 Å². The van der Waals surface area contributed by atoms with Crippen molar-refractivity contribution in [2.75, 3.05) is 7.11 Å². The molecule has 0 saturated carbocycles. The second-order valence-corrected chi connectivity index (χ2v) is 4.24. The Bertz CT molecular complexity index is 606. The molecule has 2 rings (SSSR count). The van der Waals surface area contributed by atoms with Gasteiger partial charge in [-0.1, -0.05) is 0 Å². The first-order valence-corrected chi connectivity index (χ1v) is 6.18. The Morgan fingerprint density at radius 2 is 2.11 bits per heavy atom. The minimum atomic E-state index is -2.46. The number of ether oxygens (including phenoxy) is 1. The largest absolute Gasteiger partial charge is 0.497 e. The Morgan fingerprint density at radius 3 is 2.78 bits per heavy atom. The van der Waals surface area contributed by atoms with Crippen molar-refractivity contribution in [1.29, 1.82) is 0 Å². The lowest BCUT2D eigenvalue weighted by Gasteiger charge is -2.07. The van der Waals surface area contributed by atoms with E-state index in [1.165, 1.54) is 13.2 Å². The number of hydrogen-bond acceptors (Lipinski definition) is 6. The molecule has 6 nitrogen and oxygen atoms in total. The maximum atomic E-state index is 11.4. The van der Waals surface area contributed by atoms with Gasteiger partial charge in [0.15, 0.2) is 0 Å². The summed E-state index contributed by atoms with van der Waals surface area (Å²) in [6, 6.07) is 6.27. The van der Waals surface area contributed by atoms with Gasteiger partial charge < -0.3 is 23.5 Å². The third-order valence-electron chi connectivity index (χ3n) is 2.37. The summed E-state index contributed by atoms with van der Waals surface area (Å²) in [4.78, 5) is 28.8. The van der Waals surface area contributed by atoms with E-state index in [0.29, 0.717) is 22.3 Å². The summed E-state index contributed by atoms with van der Waals surface area (Å²) in [5.74, 6) is 0.565. The van der Waals surface area contributed by atoms with Crippen LogP contribution < -0.4 is 10.4 Å². The van der Waals surface area contributed by atoms with Gasteiger partial charge in [0.2, 0.25) is 0 Å². The Kier molecular flexibility index (Phi) is 3.93. The lowest BCUT2D eigenvalue weighted by molar-refractivity contribution is 0.246. The molecule has 7 heteroatoms. The molecule has 2 N–H and O–H groups in total. The van der Waals surface area contributed by atoms with Crippen LogP contribution in [-0.4, -0.2) is 16.9 Å². The van der Waals surface area contributed by atoms with Crippen molar-refractivity contribution in [3.63, 3.8) is 0 Å². The van der Waals surface area contributed by atoms with Crippen molar-refractivity contribution in [2.45, 2.75) is 6.61 Å². The molecule has 1 heterocycles. The molecule has 0 aliphatic rings. The molecule has 18 heavy (non-hydrogen) atoms. The molecular formula is C11H11O6P. The maximum Gasteiger partial charge on any atom is 0.336 e. The third-order valence-corrected chi connectivity index (χ3v) is 2.73. The Hall–Kier alpha value is -1.46. The first-order valence-electron chi connectivity index (χ1n) is 5.01. The van der Waals surface area contributed by atoms with Crippen molar-refractivity contribution in [3.05, 3.63) is 40.2 Å². The number of rotatable bonds is 4. The highest BCUT2D eigenvalue weighted by atomic mass is 31.2. The van der Waals surface area contributed by atoms with Crippen molar-refractivity contribution in [1.82, 2.24) is 0 Å². The molecule has 2 aromatic rings. The SMILES string of the molecule is COc1ccc2c(COP(O)O)cc(=O)oc2c1. The minimum absolute atomic E-state index is 0.0763. The predicted molar refractivity (Wildman–Crippen MR) is 65.2 cm³/mol. The average Bonchev–Trinajstić information content (AvgIpc) is 2.34. The zero-order valence-corrected chi connectivity index (χ0v) is 10.4. The second-order valence-electron chi connectivity index (χ2n) is 3.48. The van der Waals surface area contributed by atoms with Gasteiger partial charge in [-0.25, -0.2) is 4.79 Å². The van der Waals surface area contributed by atoms with E-state index in [4.69, 9.17) is 23.5 Å². The van der Waals surface area contributed by atoms with Crippen LogP contribution in [0.15, 0.2) is 33.5 Å². The lowest BCUT2D eigenvalue weighted by atomic mass is 10.1. The summed E-state index contributed by atoms with van der Waals surface area (Å²) in [6.07, 6.45) is 0. The first kappa shape index (κ1) is 13.0. The third kappa shape index (κ3) is 2.86. The molecule has 1 aromatic carbocycles. The van der Waals surface area contributed by atoms with Crippen LogP contribution in [0.5, 0.6) is 5.75 Å². The van der Waals surface area contributed by atoms with Crippen molar-refractivity contribution >= 4 is 19.6 Å². The minimum Gasteiger partial charge on any atom is -0.497 e. The van der Waals surface area contributed by atoms with E-state index in [-0.39, 0.29) is 6.61 Å². The van der Waals surface area contributed by atoms with E-state index in [9.17, 15) is 4.79 Å². The molecule has 0 saturated heterocycles. The van der Waals surface area contributed by atoms with Crippen molar-refractivity contribution in [3.8, 4) is 5.75 Å². The molecule has 96 valence electrons. The van der Waals surface area contributed by atoms with Crippen LogP contribution in [0.25, 0.3) is 11.0 Å². The van der Waals surface area contributed by atoms with Gasteiger partial charge in [0.1, 0.15) is 11.3 Å². The van der Waals surface area contributed by atoms with E-state index in [0.717, 1.165) is 0 Å². The number of fused-ring (bicyclic) bond motifs is 1. The number of benzene rings is 1. The van der Waals surface area contributed by atoms with E-state index in [1.54, 1.807) is 18.2 Å². The zero-order valence-electron chi connectivity index (χ0n) is 9.49. The van der Waals surface area contributed by atoms with Crippen LogP contribution in [0.1, 0.15) is 5.56 Å². The van der Waals surface area contributed by atoms with Gasteiger partial charge in [0, 0.05) is 17.5 Å². The van der Waals surface area contributed by atoms with Crippen LogP contribution in [0, 0.1) is 0 Å². The zero-order chi connectivity index (χ0) is 13.1. The van der Waals surface area contributed by atoms with Gasteiger partial charge in [-0.05, 0) is 17.7 Å². The summed E-state index contributed by atoms with van der Waals surface area (Å²) >= 11 is 0. The summed E-state index contributed by atoms with van der Waals surface area (Å²) < 4.78 is 14.8. The van der Waals surface area contributed by atoms with Gasteiger partial charge in [-0.3, -0.25) is 0 Å². The summed E-state index contributed by atoms with van der Waals surface area (Å²) in [5, 5.41) is 0.659. The quantitative estimate of drug-likeness (QED) is 0.647. The van der Waals surface area contributed by atoms with Gasteiger partial charge in [0.05, 0.1) is 13.7 Å². The number of methoxy groups -OCH3 is 1. The van der Waals surface area contributed by atoms with Crippen molar-refractivity contribution < 1.29 is 23.5 Å². The Labute approximate surface area is 103 Å². The van der Waals surface area contributed by atoms with Crippen LogP contribution in [0.3, 0.4) is 0 Å². The fourth-order valence-corrected chi connectivity index (χ4v) is 1.84. The van der Waals surface area contributed by atoms with E-state index in [1.807, 2.05) is 0 Å². The monoisotopic (exact) mass is 270 g/mol. The smallest absolute Gasteiger partial charge is 0.336 e. The first-order chi connectivity index (χ1) is 8.60. The lowest BCUT2D eigenvalue weighted by Crippen LogP contribution is -2.01. The standard InChI is InChI=1S/C11H11O6P/c1-15-8-2-3-9-7(6-16-18(13)14)4-11(12)17-10(9)5-8/h2-5,13-14H,6H2,1H3. The normalized spacial score (nSPS) is 11.1. The van der Waals surface area contributed by atoms with E-state index >= 15 is 0 Å². The van der Waals surface area contributed by atoms with Gasteiger partial charge in [0.25, 0.3) is 0 Å². The molecule has 0 unspecified atom stereocenters. The molecule has 0 radical (unpaired) electrons. The molecule has 0 fully saturated rings. The highest BCUT2D eigenvalue weighted by molar-refractivity contribution is 7.39. The van der Waals surface area contributed by atoms with Crippen LogP contribution in [0.2, 0.25) is 0 Å². The maximum absolute atomic E-state index is 11.4. The molecule has 1 aromatic heterocycles. The Morgan fingerprint density at radius 1 is 1.33 bits per heavy atom. The molecule has 0 spiro atoms. The van der Waals surface area contributed by atoms with Gasteiger partial charge >= 0.3 is 14.2 Å². The van der Waals surface area contributed by atoms with Crippen molar-refractivity contribution in [2.24, 2.45) is 0 Å². The van der Waals surface area contributed by atoms with E-state index in [2.05, 4.69) is 0 Å². The average molecular weight is 270 g/mol. The fraction of sp³-hybridized carbons (Fsp3) is 0.182. The van der Waals surface area contributed by atoms with Crippen LogP contribution in [0.4, 0.5) is 0 Å². The second kappa shape index (κ2) is 5.46. The summed E-state index contributed by atoms with van der Waals surface area (Å²) in [6.45, 7) is -0.0763. The topological polar surface area (TPSA) is 89.1 Å². The Balaban J connectivity index is 2.48. The molecular weight excluding hydrogens is 259 g/mol. The fourth-order valence-electron chi connectivity index (χ4n) is 1.58. The number of hydrogen-bond donors (Lipinski definition) is 2. The van der Waals surface area contributed by atoms with Crippen LogP contribution >= 0.6 is 8.60 Å². The molecule has 0 amide bonds. The summed E-state index contributed by atoms with van der Waals surface area (Å²) in [7, 11) is -0.945. The van der Waals surface area contributed by atoms with E-state index < -0.39 is 14.2 Å². The summed E-state index contributed by atoms with van der Waals surface area (Å²) in [5.41, 5.74) is 0.356. The molecule has 0 aliphatic heterocycles. The van der Waals surface area contributed by atoms with Gasteiger partial charge in [-0.15, -0.1) is 0 Å². The highest BCUT2D eigenvalue weighted by Gasteiger charge is 2.09. The predicted octanol–water partition coefficient (Wildman–Crippen LogP) is 1.53. The highest BCUT2D eigenvalue weighted by Crippen LogP contribution is 2.29.